The fourth-order valence-electron chi connectivity index (χ4n) is 6.25. The number of aromatic nitrogens is 2. The van der Waals surface area contributed by atoms with Gasteiger partial charge in [0.1, 0.15) is 0 Å². The molecule has 43 heavy (non-hydrogen) atoms. The first-order valence-electron chi connectivity index (χ1n) is 14.6. The molecule has 1 atom stereocenters. The molecule has 0 saturated carbocycles. The summed E-state index contributed by atoms with van der Waals surface area (Å²) in [5, 5.41) is 8.24. The third-order valence-corrected chi connectivity index (χ3v) is 8.23. The Morgan fingerprint density at radius 3 is 2.42 bits per heavy atom. The predicted octanol–water partition coefficient (Wildman–Crippen LogP) is 8.60. The van der Waals surface area contributed by atoms with E-state index in [0.717, 1.165) is 63.6 Å². The van der Waals surface area contributed by atoms with E-state index >= 15 is 0 Å². The van der Waals surface area contributed by atoms with E-state index in [9.17, 15) is 0 Å². The van der Waals surface area contributed by atoms with Crippen LogP contribution < -0.4 is 4.90 Å². The fraction of sp³-hybridized carbons (Fsp3) is 0.105. The summed E-state index contributed by atoms with van der Waals surface area (Å²) in [6, 6.07) is 30.0. The summed E-state index contributed by atoms with van der Waals surface area (Å²) in [4.78, 5) is 6.99. The molecule has 0 fully saturated rings. The van der Waals surface area contributed by atoms with Gasteiger partial charge in [-0.15, -0.1) is 0 Å². The van der Waals surface area contributed by atoms with Crippen LogP contribution in [0.5, 0.6) is 0 Å². The predicted molar refractivity (Wildman–Crippen MR) is 181 cm³/mol. The van der Waals surface area contributed by atoms with Gasteiger partial charge < -0.3 is 9.47 Å². The maximum atomic E-state index is 5.09. The number of hydrazone groups is 1. The Morgan fingerprint density at radius 2 is 1.63 bits per heavy atom. The third-order valence-electron chi connectivity index (χ3n) is 8.23. The lowest BCUT2D eigenvalue weighted by Gasteiger charge is -2.41. The van der Waals surface area contributed by atoms with Crippen LogP contribution in [0.2, 0.25) is 0 Å². The van der Waals surface area contributed by atoms with Gasteiger partial charge in [0.25, 0.3) is 0 Å². The molecule has 5 heteroatoms. The van der Waals surface area contributed by atoms with Crippen molar-refractivity contribution in [1.82, 2.24) is 14.6 Å². The van der Waals surface area contributed by atoms with Crippen LogP contribution in [0, 0.1) is 0 Å². The molecule has 5 aromatic rings. The minimum atomic E-state index is 0.0657. The van der Waals surface area contributed by atoms with E-state index in [4.69, 9.17) is 5.10 Å². The van der Waals surface area contributed by atoms with E-state index in [0.29, 0.717) is 0 Å². The highest BCUT2D eigenvalue weighted by molar-refractivity contribution is 6.12. The first-order chi connectivity index (χ1) is 21.2. The SMILES string of the molecule is C=Cc1c2c(n(-c3ccc(N4C(c5ccc6cccnc6c5)=NN(C)CC4c4ccccc4)cc3)c1C=C)C=CCC=C2. The molecule has 2 aliphatic rings. The first-order valence-corrected chi connectivity index (χ1v) is 14.6. The molecule has 0 radical (unpaired) electrons. The highest BCUT2D eigenvalue weighted by Crippen LogP contribution is 2.36. The topological polar surface area (TPSA) is 36.7 Å². The summed E-state index contributed by atoms with van der Waals surface area (Å²) in [6.07, 6.45) is 15.4. The molecule has 7 rings (SSSR count). The van der Waals surface area contributed by atoms with Gasteiger partial charge in [0.2, 0.25) is 0 Å². The van der Waals surface area contributed by atoms with E-state index in [1.165, 1.54) is 11.1 Å². The quantitative estimate of drug-likeness (QED) is 0.209. The number of hydrogen-bond acceptors (Lipinski definition) is 4. The second-order valence-electron chi connectivity index (χ2n) is 10.9. The Morgan fingerprint density at radius 1 is 0.837 bits per heavy atom. The molecule has 0 saturated heterocycles. The zero-order valence-electron chi connectivity index (χ0n) is 24.3. The lowest BCUT2D eigenvalue weighted by Crippen LogP contribution is -2.45. The van der Waals surface area contributed by atoms with Gasteiger partial charge in [-0.2, -0.15) is 5.10 Å². The summed E-state index contributed by atoms with van der Waals surface area (Å²) in [5.41, 5.74) is 9.81. The van der Waals surface area contributed by atoms with E-state index < -0.39 is 0 Å². The Labute approximate surface area is 252 Å². The van der Waals surface area contributed by atoms with Crippen molar-refractivity contribution in [2.75, 3.05) is 18.5 Å². The van der Waals surface area contributed by atoms with Gasteiger partial charge in [0, 0.05) is 46.7 Å². The van der Waals surface area contributed by atoms with Crippen molar-refractivity contribution in [3.8, 4) is 5.69 Å². The summed E-state index contributed by atoms with van der Waals surface area (Å²) in [7, 11) is 2.05. The van der Waals surface area contributed by atoms with Crippen LogP contribution in [0.4, 0.5) is 5.69 Å². The summed E-state index contributed by atoms with van der Waals surface area (Å²) in [5.74, 6) is 0.895. The second-order valence-corrected chi connectivity index (χ2v) is 10.9. The van der Waals surface area contributed by atoms with Crippen LogP contribution in [0.3, 0.4) is 0 Å². The smallest absolute Gasteiger partial charge is 0.161 e. The van der Waals surface area contributed by atoms with Crippen LogP contribution in [-0.2, 0) is 0 Å². The molecule has 0 amide bonds. The molecular formula is C38H33N5. The molecule has 1 aliphatic heterocycles. The van der Waals surface area contributed by atoms with E-state index in [-0.39, 0.29) is 6.04 Å². The highest BCUT2D eigenvalue weighted by atomic mass is 15.5. The Balaban J connectivity index is 1.37. The molecule has 0 bridgehead atoms. The standard InChI is InChI=1S/C38H33N5/c1-4-32-33-16-10-7-11-17-36(33)42(35(32)5-2)30-20-22-31(23-21-30)43-37(28-13-8-6-9-14-28)26-41(3)40-38(43)29-19-18-27-15-12-24-39-34(27)25-29/h4-6,8-25,37H,1-2,7,26H2,3H3. The van der Waals surface area contributed by atoms with Crippen molar-refractivity contribution < 1.29 is 0 Å². The molecule has 3 aromatic carbocycles. The van der Waals surface area contributed by atoms with Gasteiger partial charge in [0.05, 0.1) is 29.5 Å². The molecular weight excluding hydrogens is 526 g/mol. The van der Waals surface area contributed by atoms with E-state index in [2.05, 4.69) is 131 Å². The Bertz CT molecular complexity index is 1930. The number of rotatable bonds is 6. The lowest BCUT2D eigenvalue weighted by molar-refractivity contribution is 0.312. The van der Waals surface area contributed by atoms with Gasteiger partial charge in [-0.1, -0.05) is 86.0 Å². The van der Waals surface area contributed by atoms with Crippen molar-refractivity contribution in [2.24, 2.45) is 5.10 Å². The Kier molecular flexibility index (Phi) is 6.84. The van der Waals surface area contributed by atoms with Crippen LogP contribution in [0.25, 0.3) is 40.9 Å². The monoisotopic (exact) mass is 559 g/mol. The summed E-state index contributed by atoms with van der Waals surface area (Å²) in [6.45, 7) is 9.02. The zero-order valence-corrected chi connectivity index (χ0v) is 24.3. The number of allylic oxidation sites excluding steroid dienone is 2. The van der Waals surface area contributed by atoms with Crippen molar-refractivity contribution in [3.05, 3.63) is 150 Å². The molecule has 3 heterocycles. The lowest BCUT2D eigenvalue weighted by atomic mass is 10.0. The fourth-order valence-corrected chi connectivity index (χ4v) is 6.25. The van der Waals surface area contributed by atoms with Crippen molar-refractivity contribution in [3.63, 3.8) is 0 Å². The number of anilines is 1. The maximum absolute atomic E-state index is 5.09. The minimum Gasteiger partial charge on any atom is -0.315 e. The van der Waals surface area contributed by atoms with Gasteiger partial charge in [0.15, 0.2) is 5.84 Å². The molecule has 0 N–H and O–H groups in total. The summed E-state index contributed by atoms with van der Waals surface area (Å²) >= 11 is 0. The number of benzene rings is 3. The number of nitrogens with zero attached hydrogens (tertiary/aromatic N) is 5. The number of fused-ring (bicyclic) bond motifs is 2. The number of hydrogen-bond donors (Lipinski definition) is 0. The van der Waals surface area contributed by atoms with Crippen molar-refractivity contribution >= 4 is 46.7 Å². The number of likely N-dealkylation sites (N-methyl/N-ethyl adjacent to an activating group) is 1. The van der Waals surface area contributed by atoms with Gasteiger partial charge in [-0.25, -0.2) is 0 Å². The normalized spacial score (nSPS) is 16.1. The maximum Gasteiger partial charge on any atom is 0.161 e. The van der Waals surface area contributed by atoms with Crippen LogP contribution in [0.1, 0.15) is 46.1 Å². The van der Waals surface area contributed by atoms with Crippen molar-refractivity contribution in [1.29, 1.82) is 0 Å². The zero-order chi connectivity index (χ0) is 29.3. The van der Waals surface area contributed by atoms with Gasteiger partial charge >= 0.3 is 0 Å². The Hall–Kier alpha value is -5.42. The highest BCUT2D eigenvalue weighted by Gasteiger charge is 2.32. The van der Waals surface area contributed by atoms with Crippen LogP contribution in [0.15, 0.2) is 122 Å². The molecule has 0 spiro atoms. The second kappa shape index (κ2) is 11.1. The molecule has 2 aromatic heterocycles. The third kappa shape index (κ3) is 4.69. The van der Waals surface area contributed by atoms with E-state index in [1.54, 1.807) is 0 Å². The van der Waals surface area contributed by atoms with Gasteiger partial charge in [-0.3, -0.25) is 9.99 Å². The average Bonchev–Trinajstić information content (AvgIpc) is 3.17. The van der Waals surface area contributed by atoms with E-state index in [1.807, 2.05) is 36.5 Å². The largest absolute Gasteiger partial charge is 0.315 e. The molecule has 5 nitrogen and oxygen atoms in total. The van der Waals surface area contributed by atoms with Crippen LogP contribution >= 0.6 is 0 Å². The van der Waals surface area contributed by atoms with Crippen LogP contribution in [-0.4, -0.2) is 34.0 Å². The first kappa shape index (κ1) is 26.5. The summed E-state index contributed by atoms with van der Waals surface area (Å²) < 4.78 is 2.28. The molecule has 210 valence electrons. The minimum absolute atomic E-state index is 0.0657. The number of pyridine rings is 1. The van der Waals surface area contributed by atoms with Gasteiger partial charge in [-0.05, 0) is 60.5 Å². The van der Waals surface area contributed by atoms with Crippen molar-refractivity contribution in [2.45, 2.75) is 12.5 Å². The average molecular weight is 560 g/mol. The molecule has 1 aliphatic carbocycles. The number of amidine groups is 1. The molecule has 1 unspecified atom stereocenters.